The van der Waals surface area contributed by atoms with Crippen molar-refractivity contribution in [3.05, 3.63) is 18.3 Å². The summed E-state index contributed by atoms with van der Waals surface area (Å²) >= 11 is 0. The summed E-state index contributed by atoms with van der Waals surface area (Å²) in [7, 11) is -3.40. The Morgan fingerprint density at radius 2 is 2.24 bits per heavy atom. The summed E-state index contributed by atoms with van der Waals surface area (Å²) in [6, 6.07) is 3.22. The highest BCUT2D eigenvalue weighted by atomic mass is 32.2. The third kappa shape index (κ3) is 3.95. The average molecular weight is 311 g/mol. The van der Waals surface area contributed by atoms with Crippen LogP contribution in [0.15, 0.2) is 23.2 Å². The van der Waals surface area contributed by atoms with Crippen molar-refractivity contribution >= 4 is 15.8 Å². The zero-order valence-electron chi connectivity index (χ0n) is 12.9. The summed E-state index contributed by atoms with van der Waals surface area (Å²) in [6.07, 6.45) is 5.65. The van der Waals surface area contributed by atoms with E-state index in [4.69, 9.17) is 0 Å². The van der Waals surface area contributed by atoms with Gasteiger partial charge in [0.25, 0.3) is 0 Å². The third-order valence-electron chi connectivity index (χ3n) is 3.98. The number of aromatic nitrogens is 1. The number of nitrogens with one attached hydrogen (secondary N) is 1. The molecule has 1 aliphatic rings. The second-order valence-corrected chi connectivity index (χ2v) is 7.52. The van der Waals surface area contributed by atoms with Crippen LogP contribution in [0.25, 0.3) is 0 Å². The number of rotatable bonds is 6. The number of sulfonamides is 1. The summed E-state index contributed by atoms with van der Waals surface area (Å²) < 4.78 is 27.1. The van der Waals surface area contributed by atoms with E-state index in [2.05, 4.69) is 24.1 Å². The smallest absolute Gasteiger partial charge is 0.243 e. The number of anilines is 1. The molecule has 2 heterocycles. The van der Waals surface area contributed by atoms with Crippen LogP contribution in [-0.2, 0) is 10.0 Å². The monoisotopic (exact) mass is 311 g/mol. The molecule has 0 aliphatic carbocycles. The van der Waals surface area contributed by atoms with Gasteiger partial charge in [0, 0.05) is 31.9 Å². The largest absolute Gasteiger partial charge is 0.370 e. The van der Waals surface area contributed by atoms with Gasteiger partial charge in [-0.3, -0.25) is 0 Å². The Hall–Kier alpha value is -1.14. The molecule has 5 nitrogen and oxygen atoms in total. The van der Waals surface area contributed by atoms with E-state index in [0.717, 1.165) is 32.2 Å². The van der Waals surface area contributed by atoms with Crippen molar-refractivity contribution in [1.29, 1.82) is 0 Å². The van der Waals surface area contributed by atoms with Gasteiger partial charge in [-0.15, -0.1) is 0 Å². The van der Waals surface area contributed by atoms with E-state index >= 15 is 0 Å². The summed E-state index contributed by atoms with van der Waals surface area (Å²) in [5.41, 5.74) is 0. The molecular weight excluding hydrogens is 286 g/mol. The van der Waals surface area contributed by atoms with Crippen LogP contribution in [0.5, 0.6) is 0 Å². The lowest BCUT2D eigenvalue weighted by Crippen LogP contribution is -2.39. The molecule has 1 aromatic rings. The molecule has 1 N–H and O–H groups in total. The summed E-state index contributed by atoms with van der Waals surface area (Å²) in [5, 5.41) is 3.14. The molecule has 0 radical (unpaired) electrons. The SMILES string of the molecule is CCCNc1cc(S(=O)(=O)N2CCCC(CC)C2)ccn1. The predicted octanol–water partition coefficient (Wildman–Crippen LogP) is 2.71. The van der Waals surface area contributed by atoms with Gasteiger partial charge in [0.15, 0.2) is 0 Å². The Labute approximate surface area is 127 Å². The maximum absolute atomic E-state index is 12.7. The summed E-state index contributed by atoms with van der Waals surface area (Å²) in [4.78, 5) is 4.51. The minimum absolute atomic E-state index is 0.341. The van der Waals surface area contributed by atoms with Crippen LogP contribution < -0.4 is 5.32 Å². The van der Waals surface area contributed by atoms with Crippen molar-refractivity contribution in [2.45, 2.75) is 44.4 Å². The lowest BCUT2D eigenvalue weighted by molar-refractivity contribution is 0.261. The van der Waals surface area contributed by atoms with Crippen molar-refractivity contribution < 1.29 is 8.42 Å². The molecule has 0 aromatic carbocycles. The van der Waals surface area contributed by atoms with Crippen molar-refractivity contribution in [1.82, 2.24) is 9.29 Å². The van der Waals surface area contributed by atoms with E-state index < -0.39 is 10.0 Å². The molecule has 118 valence electrons. The quantitative estimate of drug-likeness (QED) is 0.877. The van der Waals surface area contributed by atoms with Crippen LogP contribution in [0.3, 0.4) is 0 Å². The Morgan fingerprint density at radius 3 is 2.95 bits per heavy atom. The Kier molecular flexibility index (Phi) is 5.58. The van der Waals surface area contributed by atoms with Gasteiger partial charge in [-0.05, 0) is 31.2 Å². The van der Waals surface area contributed by atoms with Gasteiger partial charge in [-0.1, -0.05) is 20.3 Å². The lowest BCUT2D eigenvalue weighted by Gasteiger charge is -2.31. The second-order valence-electron chi connectivity index (χ2n) is 5.58. The van der Waals surface area contributed by atoms with Crippen molar-refractivity contribution in [2.75, 3.05) is 25.0 Å². The lowest BCUT2D eigenvalue weighted by atomic mass is 9.97. The van der Waals surface area contributed by atoms with Crippen LogP contribution in [0.4, 0.5) is 5.82 Å². The van der Waals surface area contributed by atoms with E-state index in [-0.39, 0.29) is 0 Å². The molecule has 0 saturated carbocycles. The van der Waals surface area contributed by atoms with E-state index in [0.29, 0.717) is 29.7 Å². The number of pyridine rings is 1. The molecule has 21 heavy (non-hydrogen) atoms. The molecule has 1 fully saturated rings. The number of hydrogen-bond donors (Lipinski definition) is 1. The number of piperidine rings is 1. The van der Waals surface area contributed by atoms with Crippen molar-refractivity contribution in [3.63, 3.8) is 0 Å². The van der Waals surface area contributed by atoms with E-state index in [1.807, 2.05) is 0 Å². The van der Waals surface area contributed by atoms with Gasteiger partial charge in [-0.25, -0.2) is 13.4 Å². The molecule has 2 rings (SSSR count). The first-order chi connectivity index (χ1) is 10.1. The van der Waals surface area contributed by atoms with Gasteiger partial charge in [-0.2, -0.15) is 4.31 Å². The first-order valence-electron chi connectivity index (χ1n) is 7.78. The fraction of sp³-hybridized carbons (Fsp3) is 0.667. The highest BCUT2D eigenvalue weighted by molar-refractivity contribution is 7.89. The zero-order chi connectivity index (χ0) is 15.3. The topological polar surface area (TPSA) is 62.3 Å². The number of nitrogens with zero attached hydrogens (tertiary/aromatic N) is 2. The van der Waals surface area contributed by atoms with Crippen LogP contribution in [0.2, 0.25) is 0 Å². The second kappa shape index (κ2) is 7.22. The maximum atomic E-state index is 12.7. The molecule has 0 spiro atoms. The predicted molar refractivity (Wildman–Crippen MR) is 84.8 cm³/mol. The van der Waals surface area contributed by atoms with Gasteiger partial charge in [0.05, 0.1) is 4.90 Å². The molecule has 1 atom stereocenters. The molecule has 6 heteroatoms. The molecule has 0 amide bonds. The standard InChI is InChI=1S/C15H25N3O2S/c1-3-8-16-15-11-14(7-9-17-15)21(19,20)18-10-5-6-13(4-2)12-18/h7,9,11,13H,3-6,8,10,12H2,1-2H3,(H,16,17). The highest BCUT2D eigenvalue weighted by Crippen LogP contribution is 2.25. The molecule has 1 unspecified atom stereocenters. The van der Waals surface area contributed by atoms with E-state index in [9.17, 15) is 8.42 Å². The minimum Gasteiger partial charge on any atom is -0.370 e. The first-order valence-corrected chi connectivity index (χ1v) is 9.22. The Morgan fingerprint density at radius 1 is 1.43 bits per heavy atom. The van der Waals surface area contributed by atoms with Gasteiger partial charge >= 0.3 is 0 Å². The Balaban J connectivity index is 2.18. The minimum atomic E-state index is -3.40. The highest BCUT2D eigenvalue weighted by Gasteiger charge is 2.29. The van der Waals surface area contributed by atoms with Gasteiger partial charge in [0.1, 0.15) is 5.82 Å². The average Bonchev–Trinajstić information content (AvgIpc) is 2.53. The van der Waals surface area contributed by atoms with E-state index in [1.54, 1.807) is 22.6 Å². The van der Waals surface area contributed by atoms with Crippen LogP contribution in [0.1, 0.15) is 39.5 Å². The Bertz CT molecular complexity index is 560. The van der Waals surface area contributed by atoms with Crippen molar-refractivity contribution in [2.24, 2.45) is 5.92 Å². The van der Waals surface area contributed by atoms with Crippen LogP contribution in [-0.4, -0.2) is 37.3 Å². The molecule has 1 aromatic heterocycles. The normalized spacial score (nSPS) is 20.4. The fourth-order valence-corrected chi connectivity index (χ4v) is 4.22. The zero-order valence-corrected chi connectivity index (χ0v) is 13.7. The molecular formula is C15H25N3O2S. The molecule has 0 bridgehead atoms. The van der Waals surface area contributed by atoms with Crippen molar-refractivity contribution in [3.8, 4) is 0 Å². The van der Waals surface area contributed by atoms with E-state index in [1.165, 1.54) is 0 Å². The first kappa shape index (κ1) is 16.2. The van der Waals surface area contributed by atoms with Crippen LogP contribution >= 0.6 is 0 Å². The van der Waals surface area contributed by atoms with Gasteiger partial charge in [0.2, 0.25) is 10.0 Å². The maximum Gasteiger partial charge on any atom is 0.243 e. The van der Waals surface area contributed by atoms with Gasteiger partial charge < -0.3 is 5.32 Å². The number of hydrogen-bond acceptors (Lipinski definition) is 4. The summed E-state index contributed by atoms with van der Waals surface area (Å²) in [6.45, 7) is 6.24. The third-order valence-corrected chi connectivity index (χ3v) is 5.85. The van der Waals surface area contributed by atoms with Crippen LogP contribution in [0, 0.1) is 5.92 Å². The molecule has 1 aliphatic heterocycles. The molecule has 1 saturated heterocycles. The summed E-state index contributed by atoms with van der Waals surface area (Å²) in [5.74, 6) is 1.11. The fourth-order valence-electron chi connectivity index (χ4n) is 2.65.